The highest BCUT2D eigenvalue weighted by molar-refractivity contribution is 5.94. The Balaban J connectivity index is 1.39. The molecule has 7 heteroatoms. The fraction of sp³-hybridized carbons (Fsp3) is 0.250. The molecule has 1 aromatic heterocycles. The second-order valence-electron chi connectivity index (χ2n) is 6.26. The van der Waals surface area contributed by atoms with Gasteiger partial charge in [0.1, 0.15) is 5.75 Å². The van der Waals surface area contributed by atoms with E-state index in [0.717, 1.165) is 11.3 Å². The van der Waals surface area contributed by atoms with Crippen molar-refractivity contribution in [1.29, 1.82) is 0 Å². The van der Waals surface area contributed by atoms with E-state index in [1.807, 2.05) is 40.1 Å². The number of amides is 1. The standard InChI is InChI=1S/C20H20N4O3/c1-26-17-9-7-16(8-10-17)19(25)23-11-13-24(14-12-23)20-22-21-18(27-20)15-5-3-2-4-6-15/h2-10H,11-14H2,1H3. The van der Waals surface area contributed by atoms with Gasteiger partial charge in [-0.2, -0.15) is 0 Å². The molecule has 2 heterocycles. The molecule has 0 aliphatic carbocycles. The zero-order chi connectivity index (χ0) is 18.6. The van der Waals surface area contributed by atoms with Gasteiger partial charge in [0, 0.05) is 37.3 Å². The molecule has 0 N–H and O–H groups in total. The topological polar surface area (TPSA) is 71.7 Å². The molecule has 1 aliphatic heterocycles. The van der Waals surface area contributed by atoms with Crippen LogP contribution in [0.5, 0.6) is 5.75 Å². The predicted octanol–water partition coefficient (Wildman–Crippen LogP) is 2.71. The van der Waals surface area contributed by atoms with Gasteiger partial charge in [-0.15, -0.1) is 5.10 Å². The lowest BCUT2D eigenvalue weighted by Crippen LogP contribution is -2.48. The zero-order valence-electron chi connectivity index (χ0n) is 15.0. The van der Waals surface area contributed by atoms with Crippen LogP contribution in [0.4, 0.5) is 6.01 Å². The summed E-state index contributed by atoms with van der Waals surface area (Å²) in [5.74, 6) is 1.26. The van der Waals surface area contributed by atoms with Crippen molar-refractivity contribution < 1.29 is 13.9 Å². The number of nitrogens with zero attached hydrogens (tertiary/aromatic N) is 4. The van der Waals surface area contributed by atoms with Gasteiger partial charge in [-0.25, -0.2) is 0 Å². The van der Waals surface area contributed by atoms with E-state index in [0.29, 0.717) is 43.6 Å². The van der Waals surface area contributed by atoms with Gasteiger partial charge < -0.3 is 19.0 Å². The van der Waals surface area contributed by atoms with E-state index in [1.54, 1.807) is 31.4 Å². The monoisotopic (exact) mass is 364 g/mol. The molecule has 0 spiro atoms. The Morgan fingerprint density at radius 3 is 2.33 bits per heavy atom. The molecular formula is C20H20N4O3. The highest BCUT2D eigenvalue weighted by Gasteiger charge is 2.25. The van der Waals surface area contributed by atoms with E-state index in [9.17, 15) is 4.79 Å². The Bertz CT molecular complexity index is 900. The van der Waals surface area contributed by atoms with Crippen molar-refractivity contribution in [3.05, 3.63) is 60.2 Å². The molecule has 27 heavy (non-hydrogen) atoms. The van der Waals surface area contributed by atoms with Crippen LogP contribution in [0.25, 0.3) is 11.5 Å². The SMILES string of the molecule is COc1ccc(C(=O)N2CCN(c3nnc(-c4ccccc4)o3)CC2)cc1. The summed E-state index contributed by atoms with van der Waals surface area (Å²) in [4.78, 5) is 16.5. The van der Waals surface area contributed by atoms with Gasteiger partial charge >= 0.3 is 6.01 Å². The van der Waals surface area contributed by atoms with E-state index < -0.39 is 0 Å². The van der Waals surface area contributed by atoms with E-state index >= 15 is 0 Å². The quantitative estimate of drug-likeness (QED) is 0.709. The van der Waals surface area contributed by atoms with Gasteiger partial charge in [0.05, 0.1) is 7.11 Å². The van der Waals surface area contributed by atoms with Crippen molar-refractivity contribution in [1.82, 2.24) is 15.1 Å². The summed E-state index contributed by atoms with van der Waals surface area (Å²) in [6.07, 6.45) is 0. The minimum absolute atomic E-state index is 0.0211. The van der Waals surface area contributed by atoms with E-state index in [4.69, 9.17) is 9.15 Å². The Hall–Kier alpha value is -3.35. The van der Waals surface area contributed by atoms with Crippen molar-refractivity contribution in [2.75, 3.05) is 38.2 Å². The second-order valence-corrected chi connectivity index (χ2v) is 6.26. The molecule has 1 amide bonds. The molecule has 1 saturated heterocycles. The first-order chi connectivity index (χ1) is 13.2. The lowest BCUT2D eigenvalue weighted by Gasteiger charge is -2.33. The molecule has 0 saturated carbocycles. The van der Waals surface area contributed by atoms with Crippen molar-refractivity contribution >= 4 is 11.9 Å². The number of methoxy groups -OCH3 is 1. The minimum atomic E-state index is 0.0211. The number of carbonyl (C=O) groups is 1. The maximum Gasteiger partial charge on any atom is 0.318 e. The molecule has 0 atom stereocenters. The first-order valence-corrected chi connectivity index (χ1v) is 8.82. The average Bonchev–Trinajstić information content (AvgIpc) is 3.24. The van der Waals surface area contributed by atoms with E-state index in [2.05, 4.69) is 10.2 Å². The summed E-state index contributed by atoms with van der Waals surface area (Å²) in [5.41, 5.74) is 1.55. The molecule has 0 bridgehead atoms. The van der Waals surface area contributed by atoms with Gasteiger partial charge in [-0.1, -0.05) is 23.3 Å². The van der Waals surface area contributed by atoms with Crippen molar-refractivity contribution in [3.63, 3.8) is 0 Å². The number of benzene rings is 2. The summed E-state index contributed by atoms with van der Waals surface area (Å²) < 4.78 is 10.9. The van der Waals surface area contributed by atoms with Crippen LogP contribution in [0.2, 0.25) is 0 Å². The summed E-state index contributed by atoms with van der Waals surface area (Å²) in [5, 5.41) is 8.28. The molecule has 3 aromatic rings. The first kappa shape index (κ1) is 17.1. The van der Waals surface area contributed by atoms with Gasteiger partial charge in [0.25, 0.3) is 5.91 Å². The highest BCUT2D eigenvalue weighted by atomic mass is 16.5. The molecule has 7 nitrogen and oxygen atoms in total. The summed E-state index contributed by atoms with van der Waals surface area (Å²) >= 11 is 0. The number of hydrogen-bond acceptors (Lipinski definition) is 6. The van der Waals surface area contributed by atoms with Crippen LogP contribution in [0, 0.1) is 0 Å². The van der Waals surface area contributed by atoms with Crippen LogP contribution in [0.1, 0.15) is 10.4 Å². The molecule has 1 aliphatic rings. The maximum absolute atomic E-state index is 12.6. The van der Waals surface area contributed by atoms with Gasteiger partial charge in [0.15, 0.2) is 0 Å². The van der Waals surface area contributed by atoms with Crippen LogP contribution < -0.4 is 9.64 Å². The summed E-state index contributed by atoms with van der Waals surface area (Å²) in [6, 6.07) is 17.3. The molecular weight excluding hydrogens is 344 g/mol. The summed E-state index contributed by atoms with van der Waals surface area (Å²) in [6.45, 7) is 2.51. The lowest BCUT2D eigenvalue weighted by molar-refractivity contribution is 0.0745. The van der Waals surface area contributed by atoms with Crippen LogP contribution in [0.15, 0.2) is 59.0 Å². The highest BCUT2D eigenvalue weighted by Crippen LogP contribution is 2.23. The number of aromatic nitrogens is 2. The van der Waals surface area contributed by atoms with Gasteiger partial charge in [-0.05, 0) is 36.4 Å². The van der Waals surface area contributed by atoms with Crippen LogP contribution >= 0.6 is 0 Å². The zero-order valence-corrected chi connectivity index (χ0v) is 15.0. The first-order valence-electron chi connectivity index (χ1n) is 8.82. The Morgan fingerprint density at radius 1 is 0.963 bits per heavy atom. The maximum atomic E-state index is 12.6. The average molecular weight is 364 g/mol. The van der Waals surface area contributed by atoms with Crippen LogP contribution in [-0.2, 0) is 0 Å². The van der Waals surface area contributed by atoms with Crippen molar-refractivity contribution in [2.45, 2.75) is 0 Å². The van der Waals surface area contributed by atoms with E-state index in [-0.39, 0.29) is 5.91 Å². The number of hydrogen-bond donors (Lipinski definition) is 0. The number of carbonyl (C=O) groups excluding carboxylic acids is 1. The smallest absolute Gasteiger partial charge is 0.318 e. The lowest BCUT2D eigenvalue weighted by atomic mass is 10.1. The second kappa shape index (κ2) is 7.49. The minimum Gasteiger partial charge on any atom is -0.497 e. The van der Waals surface area contributed by atoms with Crippen LogP contribution in [-0.4, -0.2) is 54.3 Å². The predicted molar refractivity (Wildman–Crippen MR) is 101 cm³/mol. The number of rotatable bonds is 4. The molecule has 0 unspecified atom stereocenters. The molecule has 1 fully saturated rings. The van der Waals surface area contributed by atoms with E-state index in [1.165, 1.54) is 0 Å². The fourth-order valence-corrected chi connectivity index (χ4v) is 3.06. The third-order valence-electron chi connectivity index (χ3n) is 4.61. The fourth-order valence-electron chi connectivity index (χ4n) is 3.06. The molecule has 2 aromatic carbocycles. The molecule has 0 radical (unpaired) electrons. The number of anilines is 1. The normalized spacial score (nSPS) is 14.3. The summed E-state index contributed by atoms with van der Waals surface area (Å²) in [7, 11) is 1.61. The Kier molecular flexibility index (Phi) is 4.74. The number of ether oxygens (including phenoxy) is 1. The Labute approximate surface area is 157 Å². The Morgan fingerprint density at radius 2 is 1.67 bits per heavy atom. The third kappa shape index (κ3) is 3.62. The largest absolute Gasteiger partial charge is 0.497 e. The van der Waals surface area contributed by atoms with Crippen molar-refractivity contribution in [2.24, 2.45) is 0 Å². The van der Waals surface area contributed by atoms with Gasteiger partial charge in [-0.3, -0.25) is 4.79 Å². The van der Waals surface area contributed by atoms with Gasteiger partial charge in [0.2, 0.25) is 5.89 Å². The third-order valence-corrected chi connectivity index (χ3v) is 4.61. The molecule has 4 rings (SSSR count). The number of piperazine rings is 1. The van der Waals surface area contributed by atoms with Crippen LogP contribution in [0.3, 0.4) is 0 Å². The van der Waals surface area contributed by atoms with Crippen molar-refractivity contribution in [3.8, 4) is 17.2 Å². The molecule has 138 valence electrons.